The van der Waals surface area contributed by atoms with Gasteiger partial charge in [0.15, 0.2) is 11.5 Å². The maximum absolute atomic E-state index is 13.3. The second kappa shape index (κ2) is 10.2. The number of aromatic nitrogens is 2. The van der Waals surface area contributed by atoms with E-state index in [0.29, 0.717) is 22.1 Å². The van der Waals surface area contributed by atoms with E-state index in [1.807, 2.05) is 0 Å². The molecule has 0 aliphatic carbocycles. The van der Waals surface area contributed by atoms with E-state index in [2.05, 4.69) is 15.3 Å². The Morgan fingerprint density at radius 2 is 1.63 bits per heavy atom. The van der Waals surface area contributed by atoms with Gasteiger partial charge in [-0.25, -0.2) is 22.8 Å². The summed E-state index contributed by atoms with van der Waals surface area (Å²) in [5.41, 5.74) is 0.687. The third-order valence-electron chi connectivity index (χ3n) is 5.56. The first kappa shape index (κ1) is 25.2. The van der Waals surface area contributed by atoms with Crippen molar-refractivity contribution in [2.24, 2.45) is 0 Å². The Kier molecular flexibility index (Phi) is 6.75. The summed E-state index contributed by atoms with van der Waals surface area (Å²) in [5.74, 6) is -2.47. The van der Waals surface area contributed by atoms with Crippen molar-refractivity contribution in [1.29, 1.82) is 0 Å². The van der Waals surface area contributed by atoms with Gasteiger partial charge in [0.2, 0.25) is 20.8 Å². The van der Waals surface area contributed by atoms with Crippen molar-refractivity contribution in [3.63, 3.8) is 0 Å². The highest BCUT2D eigenvalue weighted by Crippen LogP contribution is 2.33. The van der Waals surface area contributed by atoms with Crippen molar-refractivity contribution in [3.8, 4) is 0 Å². The van der Waals surface area contributed by atoms with Crippen LogP contribution in [0.25, 0.3) is 11.0 Å². The third kappa shape index (κ3) is 5.04. The number of para-hydroxylation sites is 1. The summed E-state index contributed by atoms with van der Waals surface area (Å²) in [6.07, 6.45) is 1.00. The SMILES string of the molecule is O=C(Nc1c(C(=O)c2ccccc2)oc2ccccc12)c1nc(S(=O)(=O)Cc2ccc(F)cc2)ncc1Cl. The number of anilines is 1. The average molecular weight is 550 g/mol. The number of benzene rings is 3. The van der Waals surface area contributed by atoms with Gasteiger partial charge >= 0.3 is 0 Å². The molecule has 2 heterocycles. The van der Waals surface area contributed by atoms with Gasteiger partial charge in [0.25, 0.3) is 5.91 Å². The van der Waals surface area contributed by atoms with Crippen molar-refractivity contribution in [2.75, 3.05) is 5.32 Å². The van der Waals surface area contributed by atoms with Crippen molar-refractivity contribution in [3.05, 3.63) is 118 Å². The Hall–Kier alpha value is -4.41. The summed E-state index contributed by atoms with van der Waals surface area (Å²) >= 11 is 6.16. The molecule has 0 spiro atoms. The largest absolute Gasteiger partial charge is 0.450 e. The van der Waals surface area contributed by atoms with E-state index in [9.17, 15) is 22.4 Å². The predicted molar refractivity (Wildman–Crippen MR) is 138 cm³/mol. The van der Waals surface area contributed by atoms with Gasteiger partial charge in [0.1, 0.15) is 11.4 Å². The minimum atomic E-state index is -4.11. The molecule has 1 amide bonds. The fourth-order valence-corrected chi connectivity index (χ4v) is 5.13. The van der Waals surface area contributed by atoms with E-state index in [-0.39, 0.29) is 16.5 Å². The molecule has 0 unspecified atom stereocenters. The van der Waals surface area contributed by atoms with Gasteiger partial charge < -0.3 is 9.73 Å². The van der Waals surface area contributed by atoms with Crippen molar-refractivity contribution >= 4 is 49.8 Å². The van der Waals surface area contributed by atoms with Crippen LogP contribution in [0.4, 0.5) is 10.1 Å². The summed E-state index contributed by atoms with van der Waals surface area (Å²) in [5, 5.41) is 2.23. The summed E-state index contributed by atoms with van der Waals surface area (Å²) in [6, 6.07) is 20.0. The van der Waals surface area contributed by atoms with Crippen molar-refractivity contribution in [1.82, 2.24) is 9.97 Å². The Bertz CT molecular complexity index is 1790. The molecule has 38 heavy (non-hydrogen) atoms. The second-order valence-electron chi connectivity index (χ2n) is 8.19. The Morgan fingerprint density at radius 1 is 0.947 bits per heavy atom. The summed E-state index contributed by atoms with van der Waals surface area (Å²) in [6.45, 7) is 0. The molecule has 3 aromatic carbocycles. The number of furan rings is 1. The zero-order valence-corrected chi connectivity index (χ0v) is 21.0. The highest BCUT2D eigenvalue weighted by atomic mass is 35.5. The zero-order valence-electron chi connectivity index (χ0n) is 19.4. The molecule has 8 nitrogen and oxygen atoms in total. The molecule has 0 atom stereocenters. The fraction of sp³-hybridized carbons (Fsp3) is 0.0370. The molecule has 190 valence electrons. The van der Waals surface area contributed by atoms with E-state index >= 15 is 0 Å². The number of ketones is 1. The first-order chi connectivity index (χ1) is 18.2. The van der Waals surface area contributed by atoms with Crippen LogP contribution < -0.4 is 5.32 Å². The second-order valence-corrected chi connectivity index (χ2v) is 10.5. The van der Waals surface area contributed by atoms with Crippen LogP contribution in [0.5, 0.6) is 0 Å². The number of hydrogen-bond donors (Lipinski definition) is 1. The van der Waals surface area contributed by atoms with Gasteiger partial charge in [0.05, 0.1) is 22.7 Å². The monoisotopic (exact) mass is 549 g/mol. The number of nitrogens with zero attached hydrogens (tertiary/aromatic N) is 2. The van der Waals surface area contributed by atoms with Crippen LogP contribution in [0.3, 0.4) is 0 Å². The lowest BCUT2D eigenvalue weighted by Gasteiger charge is -2.09. The smallest absolute Gasteiger partial charge is 0.276 e. The Labute approximate surface area is 221 Å². The summed E-state index contributed by atoms with van der Waals surface area (Å²) in [7, 11) is -4.11. The highest BCUT2D eigenvalue weighted by molar-refractivity contribution is 7.90. The Morgan fingerprint density at radius 3 is 2.37 bits per heavy atom. The minimum Gasteiger partial charge on any atom is -0.450 e. The maximum atomic E-state index is 13.3. The lowest BCUT2D eigenvalue weighted by molar-refractivity contribution is 0.101. The highest BCUT2D eigenvalue weighted by Gasteiger charge is 2.27. The molecular weight excluding hydrogens is 533 g/mol. The maximum Gasteiger partial charge on any atom is 0.276 e. The van der Waals surface area contributed by atoms with E-state index < -0.39 is 43.9 Å². The van der Waals surface area contributed by atoms with Gasteiger partial charge in [-0.15, -0.1) is 0 Å². The number of sulfone groups is 1. The van der Waals surface area contributed by atoms with Crippen molar-refractivity contribution in [2.45, 2.75) is 10.9 Å². The molecular formula is C27H17ClFN3O5S. The van der Waals surface area contributed by atoms with Crippen LogP contribution in [0, 0.1) is 5.82 Å². The molecule has 5 aromatic rings. The van der Waals surface area contributed by atoms with Crippen LogP contribution >= 0.6 is 11.6 Å². The molecule has 2 aromatic heterocycles. The molecule has 0 saturated heterocycles. The fourth-order valence-electron chi connectivity index (χ4n) is 3.75. The molecule has 11 heteroatoms. The van der Waals surface area contributed by atoms with Crippen LogP contribution in [0.15, 0.2) is 94.6 Å². The predicted octanol–water partition coefficient (Wildman–Crippen LogP) is 5.47. The van der Waals surface area contributed by atoms with Gasteiger partial charge in [-0.1, -0.05) is 66.2 Å². The van der Waals surface area contributed by atoms with E-state index in [4.69, 9.17) is 16.0 Å². The minimum absolute atomic E-state index is 0.0878. The first-order valence-corrected chi connectivity index (χ1v) is 13.2. The van der Waals surface area contributed by atoms with Crippen LogP contribution in [0.1, 0.15) is 32.2 Å². The van der Waals surface area contributed by atoms with Gasteiger partial charge in [0, 0.05) is 10.9 Å². The molecule has 0 fully saturated rings. The number of carbonyl (C=O) groups excluding carboxylic acids is 2. The van der Waals surface area contributed by atoms with Gasteiger partial charge in [-0.05, 0) is 29.8 Å². The summed E-state index contributed by atoms with van der Waals surface area (Å²) < 4.78 is 44.8. The number of fused-ring (bicyclic) bond motifs is 1. The molecule has 1 N–H and O–H groups in total. The molecule has 0 radical (unpaired) electrons. The number of rotatable bonds is 7. The summed E-state index contributed by atoms with van der Waals surface area (Å²) in [4.78, 5) is 34.2. The van der Waals surface area contributed by atoms with Gasteiger partial charge in [-0.3, -0.25) is 9.59 Å². The number of hydrogen-bond acceptors (Lipinski definition) is 7. The quantitative estimate of drug-likeness (QED) is 0.211. The standard InChI is InChI=1S/C27H17ClFN3O5S/c28-20-14-30-27(38(35,36)15-16-10-12-18(29)13-11-16)32-23(20)26(34)31-22-19-8-4-5-9-21(19)37-25(22)24(33)17-6-2-1-3-7-17/h1-14H,15H2,(H,31,34). The van der Waals surface area contributed by atoms with Crippen LogP contribution in [-0.2, 0) is 15.6 Å². The molecule has 0 aliphatic heterocycles. The number of amides is 1. The van der Waals surface area contributed by atoms with E-state index in [0.717, 1.165) is 18.3 Å². The first-order valence-electron chi connectivity index (χ1n) is 11.2. The van der Waals surface area contributed by atoms with Crippen LogP contribution in [0.2, 0.25) is 5.02 Å². The van der Waals surface area contributed by atoms with Crippen LogP contribution in [-0.4, -0.2) is 30.1 Å². The number of halogens is 2. The van der Waals surface area contributed by atoms with E-state index in [1.54, 1.807) is 54.6 Å². The number of carbonyl (C=O) groups is 2. The van der Waals surface area contributed by atoms with E-state index in [1.165, 1.54) is 12.1 Å². The molecule has 5 rings (SSSR count). The average Bonchev–Trinajstić information content (AvgIpc) is 3.28. The lowest BCUT2D eigenvalue weighted by Crippen LogP contribution is -2.19. The van der Waals surface area contributed by atoms with Crippen molar-refractivity contribution < 1.29 is 26.8 Å². The third-order valence-corrected chi connectivity index (χ3v) is 7.30. The normalized spacial score (nSPS) is 11.4. The molecule has 0 saturated carbocycles. The zero-order chi connectivity index (χ0) is 26.9. The topological polar surface area (TPSA) is 119 Å². The number of nitrogens with one attached hydrogen (secondary N) is 1. The molecule has 0 bridgehead atoms. The van der Waals surface area contributed by atoms with Gasteiger partial charge in [-0.2, -0.15) is 0 Å². The molecule has 0 aliphatic rings. The lowest BCUT2D eigenvalue weighted by atomic mass is 10.1. The Balaban J connectivity index is 1.50.